The fourth-order valence-corrected chi connectivity index (χ4v) is 2.36. The molecule has 1 aromatic rings. The quantitative estimate of drug-likeness (QED) is 0.804. The minimum Gasteiger partial charge on any atom is -0.327 e. The molecule has 2 heterocycles. The van der Waals surface area contributed by atoms with Crippen LogP contribution in [-0.2, 0) is 13.6 Å². The molecule has 1 aromatic heterocycles. The molecule has 1 aliphatic heterocycles. The zero-order chi connectivity index (χ0) is 11.5. The van der Waals surface area contributed by atoms with Gasteiger partial charge < -0.3 is 5.73 Å². The van der Waals surface area contributed by atoms with Crippen LogP contribution in [0, 0.1) is 5.92 Å². The molecular formula is C11H21N5. The Hall–Kier alpha value is -0.940. The Bertz CT molecular complexity index is 335. The predicted molar refractivity (Wildman–Crippen MR) is 62.7 cm³/mol. The van der Waals surface area contributed by atoms with Crippen molar-refractivity contribution in [2.24, 2.45) is 18.7 Å². The van der Waals surface area contributed by atoms with Crippen molar-refractivity contribution in [3.8, 4) is 0 Å². The predicted octanol–water partition coefficient (Wildman–Crippen LogP) is 0.374. The summed E-state index contributed by atoms with van der Waals surface area (Å²) < 4.78 is 1.84. The van der Waals surface area contributed by atoms with E-state index in [0.29, 0.717) is 12.0 Å². The molecular weight excluding hydrogens is 202 g/mol. The number of aromatic nitrogens is 3. The number of piperidine rings is 1. The number of nitrogens with two attached hydrogens (primary N) is 1. The van der Waals surface area contributed by atoms with Gasteiger partial charge in [-0.1, -0.05) is 13.3 Å². The fourth-order valence-electron chi connectivity index (χ4n) is 2.36. The number of likely N-dealkylation sites (tertiary alicyclic amines) is 1. The highest BCUT2D eigenvalue weighted by molar-refractivity contribution is 4.88. The molecule has 2 atom stereocenters. The smallest absolute Gasteiger partial charge is 0.140 e. The lowest BCUT2D eigenvalue weighted by molar-refractivity contribution is 0.141. The molecule has 0 saturated carbocycles. The standard InChI is InChI=1S/C11H21N5/c1-3-9-6-16(5-4-10(9)12)7-11-13-8-14-15(11)2/h8-10H,3-7,12H2,1-2H3. The van der Waals surface area contributed by atoms with E-state index in [1.165, 1.54) is 0 Å². The SMILES string of the molecule is CCC1CN(Cc2ncnn2C)CCC1N. The summed E-state index contributed by atoms with van der Waals surface area (Å²) in [7, 11) is 1.94. The van der Waals surface area contributed by atoms with Gasteiger partial charge in [0.15, 0.2) is 0 Å². The van der Waals surface area contributed by atoms with Gasteiger partial charge in [0.05, 0.1) is 6.54 Å². The van der Waals surface area contributed by atoms with E-state index in [4.69, 9.17) is 5.73 Å². The molecule has 5 nitrogen and oxygen atoms in total. The Morgan fingerprint density at radius 2 is 2.38 bits per heavy atom. The van der Waals surface area contributed by atoms with E-state index in [9.17, 15) is 0 Å². The molecule has 90 valence electrons. The molecule has 5 heteroatoms. The monoisotopic (exact) mass is 223 g/mol. The fraction of sp³-hybridized carbons (Fsp3) is 0.818. The van der Waals surface area contributed by atoms with E-state index in [0.717, 1.165) is 38.3 Å². The van der Waals surface area contributed by atoms with Crippen LogP contribution < -0.4 is 5.73 Å². The van der Waals surface area contributed by atoms with Crippen LogP contribution in [0.2, 0.25) is 0 Å². The van der Waals surface area contributed by atoms with Gasteiger partial charge in [-0.25, -0.2) is 4.98 Å². The van der Waals surface area contributed by atoms with Gasteiger partial charge in [-0.05, 0) is 12.3 Å². The minimum absolute atomic E-state index is 0.376. The van der Waals surface area contributed by atoms with Crippen molar-refractivity contribution in [3.05, 3.63) is 12.2 Å². The Balaban J connectivity index is 1.94. The number of hydrogen-bond donors (Lipinski definition) is 1. The summed E-state index contributed by atoms with van der Waals surface area (Å²) in [5.74, 6) is 1.66. The molecule has 0 bridgehead atoms. The highest BCUT2D eigenvalue weighted by atomic mass is 15.3. The maximum absolute atomic E-state index is 6.10. The number of aryl methyl sites for hydroxylation is 1. The maximum atomic E-state index is 6.10. The van der Waals surface area contributed by atoms with Crippen molar-refractivity contribution in [1.82, 2.24) is 19.7 Å². The van der Waals surface area contributed by atoms with Gasteiger partial charge >= 0.3 is 0 Å². The van der Waals surface area contributed by atoms with E-state index in [1.54, 1.807) is 6.33 Å². The lowest BCUT2D eigenvalue weighted by Gasteiger charge is -2.36. The van der Waals surface area contributed by atoms with Crippen molar-refractivity contribution < 1.29 is 0 Å². The van der Waals surface area contributed by atoms with Gasteiger partial charge in [0.25, 0.3) is 0 Å². The van der Waals surface area contributed by atoms with Crippen molar-refractivity contribution in [3.63, 3.8) is 0 Å². The van der Waals surface area contributed by atoms with Crippen molar-refractivity contribution in [2.75, 3.05) is 13.1 Å². The van der Waals surface area contributed by atoms with Gasteiger partial charge in [0, 0.05) is 26.2 Å². The van der Waals surface area contributed by atoms with Gasteiger partial charge in [0.2, 0.25) is 0 Å². The molecule has 0 amide bonds. The molecule has 0 aliphatic carbocycles. The average Bonchev–Trinajstić information content (AvgIpc) is 2.67. The number of hydrogen-bond acceptors (Lipinski definition) is 4. The largest absolute Gasteiger partial charge is 0.327 e. The number of nitrogens with zero attached hydrogens (tertiary/aromatic N) is 4. The highest BCUT2D eigenvalue weighted by Gasteiger charge is 2.25. The molecule has 0 spiro atoms. The van der Waals surface area contributed by atoms with E-state index < -0.39 is 0 Å². The lowest BCUT2D eigenvalue weighted by Crippen LogP contribution is -2.46. The van der Waals surface area contributed by atoms with Gasteiger partial charge in [-0.2, -0.15) is 5.10 Å². The zero-order valence-corrected chi connectivity index (χ0v) is 10.1. The summed E-state index contributed by atoms with van der Waals surface area (Å²) in [5, 5.41) is 4.09. The van der Waals surface area contributed by atoms with Crippen LogP contribution in [0.25, 0.3) is 0 Å². The van der Waals surface area contributed by atoms with E-state index in [2.05, 4.69) is 21.9 Å². The molecule has 2 rings (SSSR count). The summed E-state index contributed by atoms with van der Waals surface area (Å²) in [6.07, 6.45) is 3.87. The molecule has 2 unspecified atom stereocenters. The van der Waals surface area contributed by atoms with E-state index >= 15 is 0 Å². The molecule has 1 saturated heterocycles. The van der Waals surface area contributed by atoms with Gasteiger partial charge in [0.1, 0.15) is 12.2 Å². The van der Waals surface area contributed by atoms with Crippen molar-refractivity contribution in [1.29, 1.82) is 0 Å². The zero-order valence-electron chi connectivity index (χ0n) is 10.1. The van der Waals surface area contributed by atoms with Gasteiger partial charge in [-0.3, -0.25) is 9.58 Å². The summed E-state index contributed by atoms with van der Waals surface area (Å²) in [5.41, 5.74) is 6.10. The third-order valence-corrected chi connectivity index (χ3v) is 3.57. The first-order valence-corrected chi connectivity index (χ1v) is 6.01. The van der Waals surface area contributed by atoms with Crippen LogP contribution in [0.4, 0.5) is 0 Å². The van der Waals surface area contributed by atoms with Crippen LogP contribution in [-0.4, -0.2) is 38.8 Å². The molecule has 16 heavy (non-hydrogen) atoms. The lowest BCUT2D eigenvalue weighted by atomic mass is 9.91. The Morgan fingerprint density at radius 1 is 1.56 bits per heavy atom. The summed E-state index contributed by atoms with van der Waals surface area (Å²) in [4.78, 5) is 6.69. The minimum atomic E-state index is 0.376. The Kier molecular flexibility index (Phi) is 3.56. The highest BCUT2D eigenvalue weighted by Crippen LogP contribution is 2.19. The normalized spacial score (nSPS) is 27.2. The van der Waals surface area contributed by atoms with Crippen LogP contribution >= 0.6 is 0 Å². The van der Waals surface area contributed by atoms with Crippen molar-refractivity contribution in [2.45, 2.75) is 32.4 Å². The molecule has 2 N–H and O–H groups in total. The second kappa shape index (κ2) is 4.93. The first-order valence-electron chi connectivity index (χ1n) is 6.01. The summed E-state index contributed by atoms with van der Waals surface area (Å²) >= 11 is 0. The Morgan fingerprint density at radius 3 is 3.00 bits per heavy atom. The second-order valence-corrected chi connectivity index (χ2v) is 4.66. The summed E-state index contributed by atoms with van der Waals surface area (Å²) in [6, 6.07) is 0.376. The molecule has 1 aliphatic rings. The average molecular weight is 223 g/mol. The van der Waals surface area contributed by atoms with Crippen LogP contribution in [0.5, 0.6) is 0 Å². The van der Waals surface area contributed by atoms with Crippen LogP contribution in [0.1, 0.15) is 25.6 Å². The molecule has 1 fully saturated rings. The number of rotatable bonds is 3. The van der Waals surface area contributed by atoms with E-state index in [-0.39, 0.29) is 0 Å². The molecule has 0 radical (unpaired) electrons. The van der Waals surface area contributed by atoms with Gasteiger partial charge in [-0.15, -0.1) is 0 Å². The first-order chi connectivity index (χ1) is 7.70. The maximum Gasteiger partial charge on any atom is 0.140 e. The first kappa shape index (κ1) is 11.5. The van der Waals surface area contributed by atoms with Crippen molar-refractivity contribution >= 4 is 0 Å². The topological polar surface area (TPSA) is 60.0 Å². The molecule has 0 aromatic carbocycles. The van der Waals surface area contributed by atoms with Crippen LogP contribution in [0.3, 0.4) is 0 Å². The van der Waals surface area contributed by atoms with E-state index in [1.807, 2.05) is 11.7 Å². The third-order valence-electron chi connectivity index (χ3n) is 3.57. The summed E-state index contributed by atoms with van der Waals surface area (Å²) in [6.45, 7) is 5.27. The Labute approximate surface area is 96.6 Å². The third kappa shape index (κ3) is 2.41. The second-order valence-electron chi connectivity index (χ2n) is 4.66. The van der Waals surface area contributed by atoms with Crippen LogP contribution in [0.15, 0.2) is 6.33 Å².